The van der Waals surface area contributed by atoms with Crippen molar-refractivity contribution in [3.63, 3.8) is 0 Å². The molecular formula is C11H23NO2. The van der Waals surface area contributed by atoms with E-state index >= 15 is 0 Å². The van der Waals surface area contributed by atoms with Gasteiger partial charge < -0.3 is 10.5 Å². The Hall–Kier alpha value is -0.410. The van der Waals surface area contributed by atoms with Crippen LogP contribution >= 0.6 is 0 Å². The van der Waals surface area contributed by atoms with E-state index in [1.807, 2.05) is 13.8 Å². The minimum atomic E-state index is 0.139. The molecule has 0 aliphatic heterocycles. The molecular weight excluding hydrogens is 178 g/mol. The molecule has 0 aromatic heterocycles. The van der Waals surface area contributed by atoms with Crippen LogP contribution in [0.1, 0.15) is 40.0 Å². The molecule has 0 fully saturated rings. The predicted octanol–water partition coefficient (Wildman–Crippen LogP) is 1.75. The van der Waals surface area contributed by atoms with Crippen molar-refractivity contribution in [3.8, 4) is 0 Å². The Morgan fingerprint density at radius 1 is 1.29 bits per heavy atom. The van der Waals surface area contributed by atoms with Crippen LogP contribution < -0.4 is 5.73 Å². The fourth-order valence-electron chi connectivity index (χ4n) is 1.17. The zero-order valence-corrected chi connectivity index (χ0v) is 9.58. The van der Waals surface area contributed by atoms with E-state index < -0.39 is 0 Å². The molecule has 0 aliphatic carbocycles. The summed E-state index contributed by atoms with van der Waals surface area (Å²) < 4.78 is 5.22. The maximum absolute atomic E-state index is 11.3. The Kier molecular flexibility index (Phi) is 7.71. The van der Waals surface area contributed by atoms with E-state index in [-0.39, 0.29) is 18.5 Å². The Bertz CT molecular complexity index is 157. The molecule has 0 saturated carbocycles. The average molecular weight is 201 g/mol. The van der Waals surface area contributed by atoms with E-state index in [4.69, 9.17) is 10.5 Å². The molecule has 0 radical (unpaired) electrons. The monoisotopic (exact) mass is 201 g/mol. The van der Waals surface area contributed by atoms with Gasteiger partial charge in [0.25, 0.3) is 0 Å². The molecule has 84 valence electrons. The van der Waals surface area contributed by atoms with Crippen molar-refractivity contribution in [2.75, 3.05) is 13.2 Å². The minimum Gasteiger partial charge on any atom is -0.371 e. The molecule has 0 saturated heterocycles. The molecule has 0 bridgehead atoms. The Morgan fingerprint density at radius 3 is 2.43 bits per heavy atom. The summed E-state index contributed by atoms with van der Waals surface area (Å²) in [5.41, 5.74) is 5.42. The molecule has 0 spiro atoms. The lowest BCUT2D eigenvalue weighted by molar-refractivity contribution is -0.125. The first kappa shape index (κ1) is 13.6. The first-order valence-corrected chi connectivity index (χ1v) is 5.39. The molecule has 0 amide bonds. The van der Waals surface area contributed by atoms with E-state index in [2.05, 4.69) is 6.92 Å². The molecule has 1 atom stereocenters. The van der Waals surface area contributed by atoms with Crippen molar-refractivity contribution in [1.29, 1.82) is 0 Å². The summed E-state index contributed by atoms with van der Waals surface area (Å²) in [5.74, 6) is 0.741. The van der Waals surface area contributed by atoms with E-state index in [0.717, 1.165) is 12.8 Å². The molecule has 0 aliphatic rings. The largest absolute Gasteiger partial charge is 0.371 e. The zero-order valence-electron chi connectivity index (χ0n) is 9.58. The summed E-state index contributed by atoms with van der Waals surface area (Å²) in [6, 6.07) is 0. The van der Waals surface area contributed by atoms with Crippen LogP contribution in [0.2, 0.25) is 0 Å². The molecule has 2 N–H and O–H groups in total. The van der Waals surface area contributed by atoms with Crippen molar-refractivity contribution >= 4 is 5.78 Å². The SMILES string of the molecule is CC(CCN)CCC(=O)COC(C)C. The maximum atomic E-state index is 11.3. The summed E-state index contributed by atoms with van der Waals surface area (Å²) in [4.78, 5) is 11.3. The number of Topliss-reactive ketones (excluding diaryl/α,β-unsaturated/α-hetero) is 1. The zero-order chi connectivity index (χ0) is 11.0. The van der Waals surface area contributed by atoms with Gasteiger partial charge in [-0.2, -0.15) is 0 Å². The summed E-state index contributed by atoms with van der Waals surface area (Å²) in [7, 11) is 0. The number of ether oxygens (including phenoxy) is 1. The second kappa shape index (κ2) is 7.94. The summed E-state index contributed by atoms with van der Waals surface area (Å²) >= 11 is 0. The first-order chi connectivity index (χ1) is 6.56. The Morgan fingerprint density at radius 2 is 1.93 bits per heavy atom. The quantitative estimate of drug-likeness (QED) is 0.651. The molecule has 14 heavy (non-hydrogen) atoms. The van der Waals surface area contributed by atoms with Crippen molar-refractivity contribution in [3.05, 3.63) is 0 Å². The number of ketones is 1. The van der Waals surface area contributed by atoms with Crippen molar-refractivity contribution in [2.24, 2.45) is 11.7 Å². The topological polar surface area (TPSA) is 52.3 Å². The number of rotatable bonds is 8. The van der Waals surface area contributed by atoms with Gasteiger partial charge in [0.05, 0.1) is 6.10 Å². The smallest absolute Gasteiger partial charge is 0.158 e. The fraction of sp³-hybridized carbons (Fsp3) is 0.909. The highest BCUT2D eigenvalue weighted by molar-refractivity contribution is 5.79. The number of carbonyl (C=O) groups excluding carboxylic acids is 1. The van der Waals surface area contributed by atoms with Gasteiger partial charge in [-0.15, -0.1) is 0 Å². The van der Waals surface area contributed by atoms with Gasteiger partial charge in [-0.3, -0.25) is 4.79 Å². The summed E-state index contributed by atoms with van der Waals surface area (Å²) in [6.45, 7) is 6.96. The van der Waals surface area contributed by atoms with Crippen LogP contribution in [0.3, 0.4) is 0 Å². The average Bonchev–Trinajstić information content (AvgIpc) is 2.12. The second-order valence-corrected chi connectivity index (χ2v) is 4.12. The van der Waals surface area contributed by atoms with Crippen LogP contribution in [0.5, 0.6) is 0 Å². The predicted molar refractivity (Wildman–Crippen MR) is 58.2 cm³/mol. The van der Waals surface area contributed by atoms with Gasteiger partial charge in [0.1, 0.15) is 6.61 Å². The number of carbonyl (C=O) groups is 1. The van der Waals surface area contributed by atoms with Crippen LogP contribution in [0.15, 0.2) is 0 Å². The van der Waals surface area contributed by atoms with E-state index in [0.29, 0.717) is 18.9 Å². The van der Waals surface area contributed by atoms with Crippen LogP contribution in [-0.2, 0) is 9.53 Å². The fourth-order valence-corrected chi connectivity index (χ4v) is 1.17. The van der Waals surface area contributed by atoms with Crippen molar-refractivity contribution in [1.82, 2.24) is 0 Å². The highest BCUT2D eigenvalue weighted by atomic mass is 16.5. The molecule has 3 nitrogen and oxygen atoms in total. The molecule has 0 rings (SSSR count). The van der Waals surface area contributed by atoms with Crippen molar-refractivity contribution < 1.29 is 9.53 Å². The van der Waals surface area contributed by atoms with Gasteiger partial charge >= 0.3 is 0 Å². The van der Waals surface area contributed by atoms with Crippen LogP contribution in [-0.4, -0.2) is 25.0 Å². The van der Waals surface area contributed by atoms with Gasteiger partial charge in [-0.25, -0.2) is 0 Å². The number of hydrogen-bond acceptors (Lipinski definition) is 3. The van der Waals surface area contributed by atoms with Crippen LogP contribution in [0.4, 0.5) is 0 Å². The maximum Gasteiger partial charge on any atom is 0.158 e. The molecule has 0 heterocycles. The lowest BCUT2D eigenvalue weighted by atomic mass is 10.0. The molecule has 0 aromatic rings. The highest BCUT2D eigenvalue weighted by Crippen LogP contribution is 2.09. The lowest BCUT2D eigenvalue weighted by Crippen LogP contribution is -2.14. The van der Waals surface area contributed by atoms with Gasteiger partial charge in [-0.05, 0) is 39.2 Å². The lowest BCUT2D eigenvalue weighted by Gasteiger charge is -2.10. The molecule has 0 aromatic carbocycles. The third-order valence-corrected chi connectivity index (χ3v) is 2.15. The highest BCUT2D eigenvalue weighted by Gasteiger charge is 2.07. The van der Waals surface area contributed by atoms with E-state index in [1.54, 1.807) is 0 Å². The Labute approximate surface area is 87.0 Å². The third kappa shape index (κ3) is 8.20. The van der Waals surface area contributed by atoms with Gasteiger partial charge in [0.2, 0.25) is 0 Å². The Balaban J connectivity index is 3.43. The normalized spacial score (nSPS) is 13.2. The standard InChI is InChI=1S/C11H23NO2/c1-9(2)14-8-11(13)5-4-10(3)6-7-12/h9-10H,4-8,12H2,1-3H3. The van der Waals surface area contributed by atoms with Crippen LogP contribution in [0, 0.1) is 5.92 Å². The van der Waals surface area contributed by atoms with Gasteiger partial charge in [0.15, 0.2) is 5.78 Å². The summed E-state index contributed by atoms with van der Waals surface area (Å²) in [6.07, 6.45) is 2.68. The van der Waals surface area contributed by atoms with Crippen molar-refractivity contribution in [2.45, 2.75) is 46.1 Å². The minimum absolute atomic E-state index is 0.139. The third-order valence-electron chi connectivity index (χ3n) is 2.15. The molecule has 3 heteroatoms. The van der Waals surface area contributed by atoms with Gasteiger partial charge in [0, 0.05) is 6.42 Å². The summed E-state index contributed by atoms with van der Waals surface area (Å²) in [5, 5.41) is 0. The molecule has 1 unspecified atom stereocenters. The van der Waals surface area contributed by atoms with E-state index in [1.165, 1.54) is 0 Å². The number of nitrogens with two attached hydrogens (primary N) is 1. The van der Waals surface area contributed by atoms with Gasteiger partial charge in [-0.1, -0.05) is 6.92 Å². The number of hydrogen-bond donors (Lipinski definition) is 1. The first-order valence-electron chi connectivity index (χ1n) is 5.39. The van der Waals surface area contributed by atoms with E-state index in [9.17, 15) is 4.79 Å². The van der Waals surface area contributed by atoms with Crippen LogP contribution in [0.25, 0.3) is 0 Å². The second-order valence-electron chi connectivity index (χ2n) is 4.12.